The van der Waals surface area contributed by atoms with Crippen LogP contribution in [0.4, 0.5) is 11.4 Å². The average molecular weight is 496 g/mol. The van der Waals surface area contributed by atoms with Crippen molar-refractivity contribution in [3.63, 3.8) is 0 Å². The van der Waals surface area contributed by atoms with Crippen LogP contribution < -0.4 is 20.7 Å². The number of amides is 2. The van der Waals surface area contributed by atoms with E-state index in [1.807, 2.05) is 60.7 Å². The van der Waals surface area contributed by atoms with Crippen LogP contribution in [0.1, 0.15) is 21.5 Å². The van der Waals surface area contributed by atoms with E-state index in [2.05, 4.69) is 16.0 Å². The molecule has 0 heterocycles. The van der Waals surface area contributed by atoms with Crippen molar-refractivity contribution in [1.82, 2.24) is 5.32 Å². The monoisotopic (exact) mass is 495 g/mol. The zero-order valence-electron chi connectivity index (χ0n) is 19.4. The summed E-state index contributed by atoms with van der Waals surface area (Å²) in [6.45, 7) is 0.411. The van der Waals surface area contributed by atoms with Gasteiger partial charge in [0, 0.05) is 16.9 Å². The molecule has 0 spiro atoms. The maximum Gasteiger partial charge on any atom is 0.257 e. The van der Waals surface area contributed by atoms with Crippen LogP contribution in [0.25, 0.3) is 0 Å². The van der Waals surface area contributed by atoms with E-state index in [1.165, 1.54) is 0 Å². The first-order valence-electron chi connectivity index (χ1n) is 11.4. The Labute approximate surface area is 215 Å². The zero-order chi connectivity index (χ0) is 25.2. The molecule has 0 unspecified atom stereocenters. The summed E-state index contributed by atoms with van der Waals surface area (Å²) in [5.41, 5.74) is 3.77. The summed E-state index contributed by atoms with van der Waals surface area (Å²) in [5.74, 6) is 0.150. The third-order valence-corrected chi connectivity index (χ3v) is 5.41. The first kappa shape index (κ1) is 24.6. The maximum absolute atomic E-state index is 12.7. The van der Waals surface area contributed by atoms with Crippen molar-refractivity contribution < 1.29 is 14.3 Å². The van der Waals surface area contributed by atoms with Crippen molar-refractivity contribution in [3.05, 3.63) is 126 Å². The summed E-state index contributed by atoms with van der Waals surface area (Å²) in [4.78, 5) is 24.9. The smallest absolute Gasteiger partial charge is 0.257 e. The number of thiocarbonyl (C=S) groups is 1. The molecule has 3 N–H and O–H groups in total. The quantitative estimate of drug-likeness (QED) is 0.278. The van der Waals surface area contributed by atoms with Crippen LogP contribution >= 0.6 is 12.2 Å². The summed E-state index contributed by atoms with van der Waals surface area (Å²) in [7, 11) is 0. The fourth-order valence-electron chi connectivity index (χ4n) is 3.43. The molecule has 0 aliphatic heterocycles. The van der Waals surface area contributed by atoms with Gasteiger partial charge in [-0.3, -0.25) is 14.9 Å². The molecule has 0 aliphatic carbocycles. The van der Waals surface area contributed by atoms with Crippen molar-refractivity contribution in [2.24, 2.45) is 0 Å². The molecule has 0 aromatic heterocycles. The second kappa shape index (κ2) is 12.3. The van der Waals surface area contributed by atoms with Crippen molar-refractivity contribution in [1.29, 1.82) is 0 Å². The van der Waals surface area contributed by atoms with Gasteiger partial charge in [0.2, 0.25) is 5.91 Å². The van der Waals surface area contributed by atoms with Crippen molar-refractivity contribution >= 4 is 40.5 Å². The van der Waals surface area contributed by atoms with Gasteiger partial charge in [0.15, 0.2) is 5.11 Å². The Bertz CT molecular complexity index is 1330. The van der Waals surface area contributed by atoms with Crippen LogP contribution in [0.3, 0.4) is 0 Å². The van der Waals surface area contributed by atoms with Gasteiger partial charge in [-0.15, -0.1) is 0 Å². The van der Waals surface area contributed by atoms with E-state index in [9.17, 15) is 9.59 Å². The van der Waals surface area contributed by atoms with E-state index < -0.39 is 0 Å². The molecule has 7 heteroatoms. The summed E-state index contributed by atoms with van der Waals surface area (Å²) in [5, 5.41) is 8.69. The van der Waals surface area contributed by atoms with Gasteiger partial charge in [0.25, 0.3) is 5.91 Å². The van der Waals surface area contributed by atoms with Crippen molar-refractivity contribution in [2.75, 3.05) is 10.6 Å². The number of anilines is 2. The summed E-state index contributed by atoms with van der Waals surface area (Å²) < 4.78 is 5.80. The van der Waals surface area contributed by atoms with Crippen molar-refractivity contribution in [3.8, 4) is 5.75 Å². The first-order chi connectivity index (χ1) is 17.5. The molecule has 0 atom stereocenters. The summed E-state index contributed by atoms with van der Waals surface area (Å²) >= 11 is 5.29. The van der Waals surface area contributed by atoms with Crippen LogP contribution in [0.5, 0.6) is 5.75 Å². The fourth-order valence-corrected chi connectivity index (χ4v) is 3.64. The standard InChI is InChI=1S/C29H25N3O3S/c33-27(18-21-8-3-1-4-9-21)30-24-14-16-25(17-15-24)31-29(36)32-28(34)23-12-7-13-26(19-23)35-20-22-10-5-2-6-11-22/h1-17,19H,18,20H2,(H,30,33)(H2,31,32,34,36). The van der Waals surface area contributed by atoms with Gasteiger partial charge in [-0.2, -0.15) is 0 Å². The topological polar surface area (TPSA) is 79.5 Å². The fraction of sp³-hybridized carbons (Fsp3) is 0.0690. The van der Waals surface area contributed by atoms with Crippen LogP contribution in [-0.2, 0) is 17.8 Å². The van der Waals surface area contributed by atoms with Crippen LogP contribution in [0.2, 0.25) is 0 Å². The molecular weight excluding hydrogens is 470 g/mol. The number of rotatable bonds is 8. The molecule has 2 amide bonds. The van der Waals surface area contributed by atoms with Gasteiger partial charge in [0.05, 0.1) is 6.42 Å². The lowest BCUT2D eigenvalue weighted by Gasteiger charge is -2.12. The number of hydrogen-bond acceptors (Lipinski definition) is 4. The molecule has 0 aliphatic rings. The van der Waals surface area contributed by atoms with E-state index in [1.54, 1.807) is 48.5 Å². The van der Waals surface area contributed by atoms with E-state index in [0.29, 0.717) is 35.7 Å². The largest absolute Gasteiger partial charge is 0.489 e. The van der Waals surface area contributed by atoms with Gasteiger partial charge in [-0.05, 0) is 65.8 Å². The van der Waals surface area contributed by atoms with Crippen LogP contribution in [-0.4, -0.2) is 16.9 Å². The number of ether oxygens (including phenoxy) is 1. The van der Waals surface area contributed by atoms with Crippen LogP contribution in [0.15, 0.2) is 109 Å². The molecule has 6 nitrogen and oxygen atoms in total. The zero-order valence-corrected chi connectivity index (χ0v) is 20.3. The molecule has 0 radical (unpaired) electrons. The normalized spacial score (nSPS) is 10.2. The van der Waals surface area contributed by atoms with E-state index >= 15 is 0 Å². The Kier molecular flexibility index (Phi) is 8.40. The third-order valence-electron chi connectivity index (χ3n) is 5.21. The summed E-state index contributed by atoms with van der Waals surface area (Å²) in [6.07, 6.45) is 0.301. The number of carbonyl (C=O) groups excluding carboxylic acids is 2. The highest BCUT2D eigenvalue weighted by molar-refractivity contribution is 7.80. The lowest BCUT2D eigenvalue weighted by molar-refractivity contribution is -0.115. The molecule has 0 bridgehead atoms. The molecule has 0 saturated heterocycles. The lowest BCUT2D eigenvalue weighted by Crippen LogP contribution is -2.34. The van der Waals surface area contributed by atoms with Crippen molar-refractivity contribution in [2.45, 2.75) is 13.0 Å². The van der Waals surface area contributed by atoms with E-state index in [0.717, 1.165) is 11.1 Å². The van der Waals surface area contributed by atoms with E-state index in [4.69, 9.17) is 17.0 Å². The second-order valence-electron chi connectivity index (χ2n) is 8.00. The summed E-state index contributed by atoms with van der Waals surface area (Å²) in [6, 6.07) is 33.4. The van der Waals surface area contributed by atoms with Gasteiger partial charge < -0.3 is 15.4 Å². The van der Waals surface area contributed by atoms with Gasteiger partial charge in [0.1, 0.15) is 12.4 Å². The first-order valence-corrected chi connectivity index (χ1v) is 11.8. The third kappa shape index (κ3) is 7.51. The molecule has 4 rings (SSSR count). The Balaban J connectivity index is 1.26. The van der Waals surface area contributed by atoms with Gasteiger partial charge >= 0.3 is 0 Å². The minimum absolute atomic E-state index is 0.0975. The molecule has 4 aromatic carbocycles. The van der Waals surface area contributed by atoms with Gasteiger partial charge in [-0.25, -0.2) is 0 Å². The molecule has 4 aromatic rings. The molecule has 36 heavy (non-hydrogen) atoms. The Morgan fingerprint density at radius 2 is 1.31 bits per heavy atom. The Hall–Kier alpha value is -4.49. The predicted molar refractivity (Wildman–Crippen MR) is 146 cm³/mol. The average Bonchev–Trinajstić information content (AvgIpc) is 2.90. The lowest BCUT2D eigenvalue weighted by atomic mass is 10.1. The Morgan fingerprint density at radius 3 is 1.97 bits per heavy atom. The SMILES string of the molecule is O=C(Cc1ccccc1)Nc1ccc(NC(=S)NC(=O)c2cccc(OCc3ccccc3)c2)cc1. The molecule has 180 valence electrons. The maximum atomic E-state index is 12.7. The molecule has 0 saturated carbocycles. The van der Waals surface area contributed by atoms with E-state index in [-0.39, 0.29) is 16.9 Å². The number of nitrogens with one attached hydrogen (secondary N) is 3. The minimum Gasteiger partial charge on any atom is -0.489 e. The number of benzene rings is 4. The predicted octanol–water partition coefficient (Wildman–Crippen LogP) is 5.57. The highest BCUT2D eigenvalue weighted by Gasteiger charge is 2.10. The van der Waals surface area contributed by atoms with Gasteiger partial charge in [-0.1, -0.05) is 66.7 Å². The molecular formula is C29H25N3O3S. The van der Waals surface area contributed by atoms with Crippen LogP contribution in [0, 0.1) is 0 Å². The molecule has 0 fully saturated rings. The number of hydrogen-bond donors (Lipinski definition) is 3. The highest BCUT2D eigenvalue weighted by atomic mass is 32.1. The minimum atomic E-state index is -0.345. The highest BCUT2D eigenvalue weighted by Crippen LogP contribution is 2.16. The Morgan fingerprint density at radius 1 is 0.694 bits per heavy atom. The number of carbonyl (C=O) groups is 2. The second-order valence-corrected chi connectivity index (χ2v) is 8.41.